The molecule has 0 spiro atoms. The van der Waals surface area contributed by atoms with Crippen LogP contribution < -0.4 is 16.4 Å². The van der Waals surface area contributed by atoms with Crippen LogP contribution in [0.3, 0.4) is 0 Å². The highest BCUT2D eigenvalue weighted by atomic mass is 32.1. The Balaban J connectivity index is 2.15. The van der Waals surface area contributed by atoms with Gasteiger partial charge < -0.3 is 21.3 Å². The van der Waals surface area contributed by atoms with E-state index in [9.17, 15) is 9.59 Å². The number of nitrogens with zero attached hydrogens (tertiary/aromatic N) is 2. The normalized spacial score (nSPS) is 15.9. The third kappa shape index (κ3) is 3.38. The van der Waals surface area contributed by atoms with Gasteiger partial charge in [-0.3, -0.25) is 9.59 Å². The number of aromatic nitrogens is 1. The standard InChI is InChI=1S/C12H19N5O2S/c1-7(2)15-12-16-10(13)9(20-12)11(19)17-5-3-4-14-8(18)6-17/h7H,3-6,13H2,1-2H3,(H,14,18)(H,15,16). The first kappa shape index (κ1) is 14.6. The van der Waals surface area contributed by atoms with E-state index >= 15 is 0 Å². The van der Waals surface area contributed by atoms with Crippen LogP contribution in [0.15, 0.2) is 0 Å². The van der Waals surface area contributed by atoms with Crippen LogP contribution in [-0.4, -0.2) is 47.4 Å². The van der Waals surface area contributed by atoms with Crippen LogP contribution in [0.2, 0.25) is 0 Å². The van der Waals surface area contributed by atoms with Crippen molar-refractivity contribution in [2.45, 2.75) is 26.3 Å². The second kappa shape index (κ2) is 6.08. The third-order valence-corrected chi connectivity index (χ3v) is 3.80. The molecule has 7 nitrogen and oxygen atoms in total. The lowest BCUT2D eigenvalue weighted by molar-refractivity contribution is -0.121. The Kier molecular flexibility index (Phi) is 4.43. The third-order valence-electron chi connectivity index (χ3n) is 2.81. The molecule has 2 heterocycles. The van der Waals surface area contributed by atoms with Crippen molar-refractivity contribution >= 4 is 34.1 Å². The van der Waals surface area contributed by atoms with Gasteiger partial charge in [-0.25, -0.2) is 4.98 Å². The average Bonchev–Trinajstić information content (AvgIpc) is 2.58. The molecule has 0 aromatic carbocycles. The number of hydrogen-bond donors (Lipinski definition) is 3. The number of nitrogen functional groups attached to an aromatic ring is 1. The van der Waals surface area contributed by atoms with E-state index in [4.69, 9.17) is 5.73 Å². The summed E-state index contributed by atoms with van der Waals surface area (Å²) in [7, 11) is 0. The number of thiazole rings is 1. The fraction of sp³-hybridized carbons (Fsp3) is 0.583. The predicted octanol–water partition coefficient (Wildman–Crippen LogP) is 0.508. The molecule has 1 aromatic rings. The molecule has 0 radical (unpaired) electrons. The molecular formula is C12H19N5O2S. The Hall–Kier alpha value is -1.83. The first-order chi connectivity index (χ1) is 9.47. The van der Waals surface area contributed by atoms with Crippen LogP contribution in [-0.2, 0) is 4.79 Å². The predicted molar refractivity (Wildman–Crippen MR) is 78.8 cm³/mol. The van der Waals surface area contributed by atoms with Gasteiger partial charge in [-0.1, -0.05) is 11.3 Å². The lowest BCUT2D eigenvalue weighted by Gasteiger charge is -2.17. The Bertz CT molecular complexity index is 514. The van der Waals surface area contributed by atoms with Crippen molar-refractivity contribution in [1.82, 2.24) is 15.2 Å². The Morgan fingerprint density at radius 2 is 2.30 bits per heavy atom. The molecule has 1 fully saturated rings. The number of amides is 2. The van der Waals surface area contributed by atoms with Crippen LogP contribution in [0.25, 0.3) is 0 Å². The van der Waals surface area contributed by atoms with E-state index in [-0.39, 0.29) is 30.2 Å². The molecular weight excluding hydrogens is 278 g/mol. The van der Waals surface area contributed by atoms with Crippen molar-refractivity contribution in [3.63, 3.8) is 0 Å². The van der Waals surface area contributed by atoms with Gasteiger partial charge in [0.2, 0.25) is 5.91 Å². The van der Waals surface area contributed by atoms with Crippen molar-refractivity contribution in [1.29, 1.82) is 0 Å². The quantitative estimate of drug-likeness (QED) is 0.754. The highest BCUT2D eigenvalue weighted by Gasteiger charge is 2.25. The molecule has 2 amide bonds. The second-order valence-electron chi connectivity index (χ2n) is 4.96. The molecule has 8 heteroatoms. The number of hydrogen-bond acceptors (Lipinski definition) is 6. The van der Waals surface area contributed by atoms with E-state index in [0.717, 1.165) is 6.42 Å². The first-order valence-electron chi connectivity index (χ1n) is 6.56. The molecule has 0 atom stereocenters. The molecule has 1 aliphatic heterocycles. The van der Waals surface area contributed by atoms with Crippen LogP contribution in [0, 0.1) is 0 Å². The maximum atomic E-state index is 12.4. The number of nitrogens with two attached hydrogens (primary N) is 1. The van der Waals surface area contributed by atoms with E-state index in [1.54, 1.807) is 0 Å². The zero-order valence-corrected chi connectivity index (χ0v) is 12.4. The fourth-order valence-electron chi connectivity index (χ4n) is 1.92. The summed E-state index contributed by atoms with van der Waals surface area (Å²) in [6.45, 7) is 5.18. The molecule has 20 heavy (non-hydrogen) atoms. The highest BCUT2D eigenvalue weighted by Crippen LogP contribution is 2.27. The summed E-state index contributed by atoms with van der Waals surface area (Å²) >= 11 is 1.23. The van der Waals surface area contributed by atoms with Crippen molar-refractivity contribution in [2.75, 3.05) is 30.7 Å². The van der Waals surface area contributed by atoms with Gasteiger partial charge in [0.1, 0.15) is 10.7 Å². The van der Waals surface area contributed by atoms with Gasteiger partial charge in [-0.05, 0) is 20.3 Å². The van der Waals surface area contributed by atoms with E-state index in [2.05, 4.69) is 15.6 Å². The molecule has 0 bridgehead atoms. The van der Waals surface area contributed by atoms with E-state index in [1.807, 2.05) is 13.8 Å². The minimum absolute atomic E-state index is 0.0725. The molecule has 0 unspecified atom stereocenters. The number of anilines is 2. The molecule has 1 saturated heterocycles. The molecule has 4 N–H and O–H groups in total. The minimum atomic E-state index is -0.228. The van der Waals surface area contributed by atoms with Crippen LogP contribution in [0.5, 0.6) is 0 Å². The molecule has 110 valence electrons. The maximum Gasteiger partial charge on any atom is 0.268 e. The summed E-state index contributed by atoms with van der Waals surface area (Å²) in [5.74, 6) is -0.152. The van der Waals surface area contributed by atoms with Gasteiger partial charge in [0.15, 0.2) is 5.13 Å². The fourth-order valence-corrected chi connectivity index (χ4v) is 2.92. The van der Waals surface area contributed by atoms with Gasteiger partial charge in [0.25, 0.3) is 5.91 Å². The van der Waals surface area contributed by atoms with Gasteiger partial charge in [0, 0.05) is 19.1 Å². The first-order valence-corrected chi connectivity index (χ1v) is 7.38. The topological polar surface area (TPSA) is 100 Å². The Morgan fingerprint density at radius 1 is 1.55 bits per heavy atom. The number of carbonyl (C=O) groups is 2. The maximum absolute atomic E-state index is 12.4. The molecule has 0 aliphatic carbocycles. The summed E-state index contributed by atoms with van der Waals surface area (Å²) in [6, 6.07) is 0.215. The van der Waals surface area contributed by atoms with Gasteiger partial charge in [-0.2, -0.15) is 0 Å². The lowest BCUT2D eigenvalue weighted by atomic mass is 10.3. The Morgan fingerprint density at radius 3 is 3.00 bits per heavy atom. The second-order valence-corrected chi connectivity index (χ2v) is 5.96. The zero-order valence-electron chi connectivity index (χ0n) is 11.6. The highest BCUT2D eigenvalue weighted by molar-refractivity contribution is 7.18. The summed E-state index contributed by atoms with van der Waals surface area (Å²) in [5, 5.41) is 6.49. The van der Waals surface area contributed by atoms with Crippen molar-refractivity contribution in [2.24, 2.45) is 0 Å². The SMILES string of the molecule is CC(C)Nc1nc(N)c(C(=O)N2CCCNC(=O)C2)s1. The number of rotatable bonds is 3. The average molecular weight is 297 g/mol. The summed E-state index contributed by atoms with van der Waals surface area (Å²) in [5.41, 5.74) is 5.81. The molecule has 1 aliphatic rings. The van der Waals surface area contributed by atoms with E-state index in [0.29, 0.717) is 23.1 Å². The minimum Gasteiger partial charge on any atom is -0.382 e. The lowest BCUT2D eigenvalue weighted by Crippen LogP contribution is -2.37. The van der Waals surface area contributed by atoms with Gasteiger partial charge in [-0.15, -0.1) is 0 Å². The van der Waals surface area contributed by atoms with Crippen LogP contribution in [0.1, 0.15) is 29.9 Å². The van der Waals surface area contributed by atoms with Crippen molar-refractivity contribution in [3.8, 4) is 0 Å². The molecule has 0 saturated carbocycles. The van der Waals surface area contributed by atoms with E-state index < -0.39 is 0 Å². The van der Waals surface area contributed by atoms with Crippen LogP contribution >= 0.6 is 11.3 Å². The van der Waals surface area contributed by atoms with Gasteiger partial charge in [0.05, 0.1) is 6.54 Å². The summed E-state index contributed by atoms with van der Waals surface area (Å²) in [6.07, 6.45) is 0.743. The van der Waals surface area contributed by atoms with Gasteiger partial charge >= 0.3 is 0 Å². The molecule has 2 rings (SSSR count). The van der Waals surface area contributed by atoms with E-state index in [1.165, 1.54) is 16.2 Å². The number of carbonyl (C=O) groups excluding carboxylic acids is 2. The Labute approximate surface area is 121 Å². The largest absolute Gasteiger partial charge is 0.382 e. The summed E-state index contributed by atoms with van der Waals surface area (Å²) < 4.78 is 0. The molecule has 1 aromatic heterocycles. The summed E-state index contributed by atoms with van der Waals surface area (Å²) in [4.78, 5) is 30.0. The van der Waals surface area contributed by atoms with Crippen LogP contribution in [0.4, 0.5) is 10.9 Å². The smallest absolute Gasteiger partial charge is 0.268 e. The zero-order chi connectivity index (χ0) is 14.7. The van der Waals surface area contributed by atoms with Crippen molar-refractivity contribution in [3.05, 3.63) is 4.88 Å². The monoisotopic (exact) mass is 297 g/mol. The van der Waals surface area contributed by atoms with Crippen molar-refractivity contribution < 1.29 is 9.59 Å². The number of nitrogens with one attached hydrogen (secondary N) is 2.